The van der Waals surface area contributed by atoms with E-state index in [1.165, 1.54) is 18.2 Å². The van der Waals surface area contributed by atoms with Gasteiger partial charge in [-0.2, -0.15) is 10.5 Å². The third kappa shape index (κ3) is 3.62. The molecular weight excluding hydrogens is 329 g/mol. The van der Waals surface area contributed by atoms with E-state index in [2.05, 4.69) is 10.3 Å². The number of nitrogens with two attached hydrogens (primary N) is 1. The van der Waals surface area contributed by atoms with Crippen LogP contribution < -0.4 is 11.1 Å². The quantitative estimate of drug-likeness (QED) is 0.826. The number of aromatic nitrogens is 1. The SMILES string of the molecule is Cc1c(C#N)c(N)nc(SCC(=O)Nc2ccccc2F)c1C#N. The molecule has 1 heterocycles. The zero-order valence-electron chi connectivity index (χ0n) is 12.6. The summed E-state index contributed by atoms with van der Waals surface area (Å²) in [7, 11) is 0. The average molecular weight is 341 g/mol. The van der Waals surface area contributed by atoms with Gasteiger partial charge in [-0.15, -0.1) is 0 Å². The van der Waals surface area contributed by atoms with Crippen LogP contribution in [0.2, 0.25) is 0 Å². The van der Waals surface area contributed by atoms with Crippen molar-refractivity contribution >= 4 is 29.2 Å². The highest BCUT2D eigenvalue weighted by molar-refractivity contribution is 8.00. The van der Waals surface area contributed by atoms with E-state index < -0.39 is 11.7 Å². The molecule has 1 aromatic carbocycles. The van der Waals surface area contributed by atoms with Crippen molar-refractivity contribution in [2.24, 2.45) is 0 Å². The molecule has 0 saturated heterocycles. The lowest BCUT2D eigenvalue weighted by Gasteiger charge is -2.10. The molecule has 0 fully saturated rings. The molecule has 2 aromatic rings. The van der Waals surface area contributed by atoms with Gasteiger partial charge in [0.15, 0.2) is 0 Å². The lowest BCUT2D eigenvalue weighted by Crippen LogP contribution is -2.15. The monoisotopic (exact) mass is 341 g/mol. The van der Waals surface area contributed by atoms with Crippen LogP contribution in [0.25, 0.3) is 0 Å². The van der Waals surface area contributed by atoms with E-state index in [4.69, 9.17) is 11.0 Å². The largest absolute Gasteiger partial charge is 0.383 e. The second kappa shape index (κ2) is 7.44. The van der Waals surface area contributed by atoms with Gasteiger partial charge in [0, 0.05) is 0 Å². The van der Waals surface area contributed by atoms with Gasteiger partial charge in [-0.05, 0) is 24.6 Å². The molecule has 3 N–H and O–H groups in total. The molecule has 24 heavy (non-hydrogen) atoms. The minimum Gasteiger partial charge on any atom is -0.383 e. The molecular formula is C16H12FN5OS. The van der Waals surface area contributed by atoms with Crippen molar-refractivity contribution in [3.8, 4) is 12.1 Å². The van der Waals surface area contributed by atoms with E-state index >= 15 is 0 Å². The molecule has 120 valence electrons. The zero-order chi connectivity index (χ0) is 17.7. The summed E-state index contributed by atoms with van der Waals surface area (Å²) in [6.07, 6.45) is 0. The number of pyridine rings is 1. The van der Waals surface area contributed by atoms with Crippen LogP contribution in [-0.2, 0) is 4.79 Å². The number of nitrogens with one attached hydrogen (secondary N) is 1. The maximum Gasteiger partial charge on any atom is 0.234 e. The third-order valence-corrected chi connectivity index (χ3v) is 4.13. The number of halogens is 1. The highest BCUT2D eigenvalue weighted by atomic mass is 32.2. The first kappa shape index (κ1) is 17.3. The first-order valence-corrected chi connectivity index (χ1v) is 7.74. The molecule has 0 spiro atoms. The van der Waals surface area contributed by atoms with Crippen LogP contribution in [0.15, 0.2) is 29.3 Å². The highest BCUT2D eigenvalue weighted by Gasteiger charge is 2.17. The summed E-state index contributed by atoms with van der Waals surface area (Å²) in [6, 6.07) is 9.67. The molecule has 2 rings (SSSR count). The normalized spacial score (nSPS) is 9.83. The molecule has 0 atom stereocenters. The summed E-state index contributed by atoms with van der Waals surface area (Å²) >= 11 is 0.995. The Morgan fingerprint density at radius 1 is 1.33 bits per heavy atom. The van der Waals surface area contributed by atoms with E-state index in [9.17, 15) is 14.4 Å². The number of nitrogens with zero attached hydrogens (tertiary/aromatic N) is 3. The Kier molecular flexibility index (Phi) is 5.35. The van der Waals surface area contributed by atoms with Gasteiger partial charge >= 0.3 is 0 Å². The summed E-state index contributed by atoms with van der Waals surface area (Å²) < 4.78 is 13.5. The van der Waals surface area contributed by atoms with Crippen molar-refractivity contribution in [1.29, 1.82) is 10.5 Å². The summed E-state index contributed by atoms with van der Waals surface area (Å²) in [5.74, 6) is -1.06. The summed E-state index contributed by atoms with van der Waals surface area (Å²) in [5, 5.41) is 21.0. The van der Waals surface area contributed by atoms with Crippen LogP contribution in [0, 0.1) is 35.4 Å². The number of thioether (sulfide) groups is 1. The number of nitriles is 2. The first-order valence-electron chi connectivity index (χ1n) is 6.75. The Morgan fingerprint density at radius 3 is 2.62 bits per heavy atom. The topological polar surface area (TPSA) is 116 Å². The predicted octanol–water partition coefficient (Wildman–Crippen LogP) is 2.59. The van der Waals surface area contributed by atoms with Gasteiger partial charge in [-0.3, -0.25) is 4.79 Å². The molecule has 0 radical (unpaired) electrons. The third-order valence-electron chi connectivity index (χ3n) is 3.15. The van der Waals surface area contributed by atoms with Crippen LogP contribution in [0.1, 0.15) is 16.7 Å². The van der Waals surface area contributed by atoms with Gasteiger partial charge in [0.1, 0.15) is 28.8 Å². The number of nitrogen functional groups attached to an aromatic ring is 1. The summed E-state index contributed by atoms with van der Waals surface area (Å²) in [6.45, 7) is 1.60. The number of hydrogen-bond acceptors (Lipinski definition) is 6. The minimum absolute atomic E-state index is 0.00557. The van der Waals surface area contributed by atoms with Crippen molar-refractivity contribution in [3.63, 3.8) is 0 Å². The van der Waals surface area contributed by atoms with Crippen molar-refractivity contribution in [2.45, 2.75) is 11.9 Å². The molecule has 0 bridgehead atoms. The number of benzene rings is 1. The second-order valence-corrected chi connectivity index (χ2v) is 5.68. The molecule has 0 unspecified atom stereocenters. The minimum atomic E-state index is -0.537. The molecule has 0 aliphatic rings. The van der Waals surface area contributed by atoms with Gasteiger partial charge in [-0.25, -0.2) is 9.37 Å². The molecule has 1 amide bonds. The Labute approximate surface area is 142 Å². The molecule has 0 aliphatic carbocycles. The molecule has 0 saturated carbocycles. The van der Waals surface area contributed by atoms with Crippen molar-refractivity contribution in [3.05, 3.63) is 46.8 Å². The maximum absolute atomic E-state index is 13.5. The average Bonchev–Trinajstić information content (AvgIpc) is 2.55. The number of carbonyl (C=O) groups is 1. The van der Waals surface area contributed by atoms with Crippen molar-refractivity contribution in [2.75, 3.05) is 16.8 Å². The Morgan fingerprint density at radius 2 is 2.00 bits per heavy atom. The fraction of sp³-hybridized carbons (Fsp3) is 0.125. The Hall–Kier alpha value is -3.10. The highest BCUT2D eigenvalue weighted by Crippen LogP contribution is 2.28. The van der Waals surface area contributed by atoms with Crippen LogP contribution >= 0.6 is 11.8 Å². The number of rotatable bonds is 4. The Bertz CT molecular complexity index is 885. The second-order valence-electron chi connectivity index (χ2n) is 4.72. The zero-order valence-corrected chi connectivity index (χ0v) is 13.4. The summed E-state index contributed by atoms with van der Waals surface area (Å²) in [5.41, 5.74) is 6.54. The fourth-order valence-electron chi connectivity index (χ4n) is 1.96. The smallest absolute Gasteiger partial charge is 0.234 e. The van der Waals surface area contributed by atoms with Gasteiger partial charge in [0.2, 0.25) is 5.91 Å². The predicted molar refractivity (Wildman–Crippen MR) is 88.6 cm³/mol. The number of anilines is 2. The van der Waals surface area contributed by atoms with E-state index in [1.807, 2.05) is 12.1 Å². The van der Waals surface area contributed by atoms with Crippen molar-refractivity contribution < 1.29 is 9.18 Å². The van der Waals surface area contributed by atoms with Crippen LogP contribution in [-0.4, -0.2) is 16.6 Å². The van der Waals surface area contributed by atoms with Gasteiger partial charge < -0.3 is 11.1 Å². The van der Waals surface area contributed by atoms with E-state index in [0.717, 1.165) is 11.8 Å². The maximum atomic E-state index is 13.5. The van der Waals surface area contributed by atoms with E-state index in [-0.39, 0.29) is 33.4 Å². The van der Waals surface area contributed by atoms with Gasteiger partial charge in [-0.1, -0.05) is 23.9 Å². The van der Waals surface area contributed by atoms with Crippen molar-refractivity contribution in [1.82, 2.24) is 4.98 Å². The lowest BCUT2D eigenvalue weighted by atomic mass is 10.1. The number of carbonyl (C=O) groups excluding carboxylic acids is 1. The fourth-order valence-corrected chi connectivity index (χ4v) is 2.80. The number of hydrogen-bond donors (Lipinski definition) is 2. The molecule has 8 heteroatoms. The first-order chi connectivity index (χ1) is 11.5. The van der Waals surface area contributed by atoms with Crippen LogP contribution in [0.3, 0.4) is 0 Å². The molecule has 0 aliphatic heterocycles. The van der Waals surface area contributed by atoms with Crippen LogP contribution in [0.4, 0.5) is 15.9 Å². The standard InChI is InChI=1S/C16H12FN5OS/c1-9-10(6-18)15(20)22-16(11(9)7-19)24-8-14(23)21-13-5-3-2-4-12(13)17/h2-5H,8H2,1H3,(H2,20,22)(H,21,23). The number of para-hydroxylation sites is 1. The summed E-state index contributed by atoms with van der Waals surface area (Å²) in [4.78, 5) is 16.0. The molecule has 1 aromatic heterocycles. The van der Waals surface area contributed by atoms with Gasteiger partial charge in [0.05, 0.1) is 22.6 Å². The van der Waals surface area contributed by atoms with E-state index in [1.54, 1.807) is 13.0 Å². The lowest BCUT2D eigenvalue weighted by molar-refractivity contribution is -0.113. The van der Waals surface area contributed by atoms with E-state index in [0.29, 0.717) is 5.56 Å². The van der Waals surface area contributed by atoms with Gasteiger partial charge in [0.25, 0.3) is 0 Å². The van der Waals surface area contributed by atoms with Crippen LogP contribution in [0.5, 0.6) is 0 Å². The number of amides is 1. The molecule has 6 nitrogen and oxygen atoms in total. The Balaban J connectivity index is 2.15.